The number of carboxylic acid groups (broad SMARTS) is 1. The molecular formula is C15H18N2O4. The smallest absolute Gasteiger partial charge is 0.312 e. The lowest BCUT2D eigenvalue weighted by Gasteiger charge is -2.16. The predicted octanol–water partition coefficient (Wildman–Crippen LogP) is 1.14. The summed E-state index contributed by atoms with van der Waals surface area (Å²) in [4.78, 5) is 35.5. The maximum Gasteiger partial charge on any atom is 0.312 e. The minimum Gasteiger partial charge on any atom is -0.481 e. The summed E-state index contributed by atoms with van der Waals surface area (Å²) in [5.41, 5.74) is 5.22. The zero-order chi connectivity index (χ0) is 16.0. The third-order valence-electron chi connectivity index (χ3n) is 3.25. The first-order chi connectivity index (χ1) is 9.93. The maximum absolute atomic E-state index is 12.3. The van der Waals surface area contributed by atoms with Gasteiger partial charge in [-0.25, -0.2) is 0 Å². The number of benzene rings is 1. The van der Waals surface area contributed by atoms with Crippen LogP contribution in [0.5, 0.6) is 0 Å². The van der Waals surface area contributed by atoms with Gasteiger partial charge in [-0.15, -0.1) is 0 Å². The molecule has 0 saturated heterocycles. The molecule has 2 unspecified atom stereocenters. The molecule has 0 aromatic heterocycles. The van der Waals surface area contributed by atoms with Crippen LogP contribution in [0.4, 0.5) is 0 Å². The molecular weight excluding hydrogens is 272 g/mol. The Kier molecular flexibility index (Phi) is 5.92. The van der Waals surface area contributed by atoms with Gasteiger partial charge in [-0.3, -0.25) is 14.4 Å². The third-order valence-corrected chi connectivity index (χ3v) is 3.25. The molecule has 1 rings (SSSR count). The summed E-state index contributed by atoms with van der Waals surface area (Å²) < 4.78 is 0. The molecule has 0 amide bonds. The number of nitrogens with one attached hydrogen (secondary N) is 1. The molecule has 112 valence electrons. The van der Waals surface area contributed by atoms with E-state index in [0.29, 0.717) is 5.56 Å². The molecule has 0 bridgehead atoms. The second-order valence-corrected chi connectivity index (χ2v) is 4.60. The number of aliphatic carboxylic acids is 1. The van der Waals surface area contributed by atoms with Gasteiger partial charge in [0.2, 0.25) is 0 Å². The van der Waals surface area contributed by atoms with Gasteiger partial charge in [0.1, 0.15) is 5.92 Å². The number of carbonyl (C=O) groups is 3. The first-order valence-electron chi connectivity index (χ1n) is 6.58. The zero-order valence-corrected chi connectivity index (χ0v) is 11.7. The fourth-order valence-corrected chi connectivity index (χ4v) is 2.00. The molecule has 0 radical (unpaired) electrons. The van der Waals surface area contributed by atoms with Crippen LogP contribution in [-0.2, 0) is 9.59 Å². The second kappa shape index (κ2) is 7.44. The van der Waals surface area contributed by atoms with E-state index in [2.05, 4.69) is 0 Å². The molecule has 0 saturated carbocycles. The highest BCUT2D eigenvalue weighted by Gasteiger charge is 2.34. The second-order valence-electron chi connectivity index (χ2n) is 4.60. The largest absolute Gasteiger partial charge is 0.481 e. The van der Waals surface area contributed by atoms with E-state index in [1.807, 2.05) is 0 Å². The average molecular weight is 290 g/mol. The monoisotopic (exact) mass is 290 g/mol. The normalized spacial score (nSPS) is 13.2. The van der Waals surface area contributed by atoms with Crippen molar-refractivity contribution in [2.75, 3.05) is 6.54 Å². The van der Waals surface area contributed by atoms with Crippen molar-refractivity contribution in [1.82, 2.24) is 0 Å². The van der Waals surface area contributed by atoms with Gasteiger partial charge in [-0.1, -0.05) is 37.3 Å². The Hall–Kier alpha value is -2.34. The van der Waals surface area contributed by atoms with Crippen molar-refractivity contribution in [3.63, 3.8) is 0 Å². The quantitative estimate of drug-likeness (QED) is 0.376. The Bertz CT molecular complexity index is 554. The highest BCUT2D eigenvalue weighted by atomic mass is 16.4. The molecule has 21 heavy (non-hydrogen) atoms. The Morgan fingerprint density at radius 1 is 1.19 bits per heavy atom. The minimum absolute atomic E-state index is 0.108. The van der Waals surface area contributed by atoms with Gasteiger partial charge in [-0.2, -0.15) is 0 Å². The van der Waals surface area contributed by atoms with E-state index in [0.717, 1.165) is 0 Å². The Labute approximate surface area is 122 Å². The molecule has 0 aliphatic heterocycles. The van der Waals surface area contributed by atoms with Gasteiger partial charge in [0, 0.05) is 12.1 Å². The summed E-state index contributed by atoms with van der Waals surface area (Å²) in [5, 5.41) is 16.7. The van der Waals surface area contributed by atoms with E-state index < -0.39 is 35.1 Å². The topological polar surface area (TPSA) is 121 Å². The molecule has 6 nitrogen and oxygen atoms in total. The number of rotatable bonds is 8. The van der Waals surface area contributed by atoms with Gasteiger partial charge in [-0.05, 0) is 6.42 Å². The van der Waals surface area contributed by atoms with Crippen LogP contribution >= 0.6 is 0 Å². The van der Waals surface area contributed by atoms with Gasteiger partial charge in [0.15, 0.2) is 11.6 Å². The zero-order valence-electron chi connectivity index (χ0n) is 11.7. The van der Waals surface area contributed by atoms with Crippen molar-refractivity contribution >= 4 is 23.2 Å². The van der Waals surface area contributed by atoms with Crippen molar-refractivity contribution in [3.8, 4) is 0 Å². The first kappa shape index (κ1) is 16.7. The van der Waals surface area contributed by atoms with Gasteiger partial charge in [0.05, 0.1) is 11.6 Å². The molecule has 0 heterocycles. The number of ketones is 2. The molecule has 1 aromatic carbocycles. The summed E-state index contributed by atoms with van der Waals surface area (Å²) >= 11 is 0. The lowest BCUT2D eigenvalue weighted by molar-refractivity contribution is -0.140. The number of nitrogens with two attached hydrogens (primary N) is 1. The molecule has 0 spiro atoms. The first-order valence-corrected chi connectivity index (χ1v) is 6.58. The maximum atomic E-state index is 12.3. The molecule has 0 aliphatic carbocycles. The van der Waals surface area contributed by atoms with E-state index in [-0.39, 0.29) is 13.0 Å². The Morgan fingerprint density at radius 3 is 2.19 bits per heavy atom. The molecule has 6 heteroatoms. The molecule has 1 aromatic rings. The number of carbonyl (C=O) groups excluding carboxylic acids is 2. The average Bonchev–Trinajstić information content (AvgIpc) is 2.48. The highest BCUT2D eigenvalue weighted by Crippen LogP contribution is 2.14. The van der Waals surface area contributed by atoms with E-state index in [9.17, 15) is 14.4 Å². The fraction of sp³-hybridized carbons (Fsp3) is 0.333. The van der Waals surface area contributed by atoms with Crippen molar-refractivity contribution in [3.05, 3.63) is 35.9 Å². The highest BCUT2D eigenvalue weighted by molar-refractivity contribution is 6.46. The number of hydrogen-bond acceptors (Lipinski definition) is 5. The molecule has 0 aliphatic rings. The summed E-state index contributed by atoms with van der Waals surface area (Å²) in [6, 6.07) is 8.15. The SMILES string of the molecule is CCC(C(=N)C(=O)C(CN)C(=O)c1ccccc1)C(=O)O. The minimum atomic E-state index is -1.25. The predicted molar refractivity (Wildman–Crippen MR) is 77.5 cm³/mol. The summed E-state index contributed by atoms with van der Waals surface area (Å²) in [7, 11) is 0. The molecule has 2 atom stereocenters. The van der Waals surface area contributed by atoms with Gasteiger partial charge >= 0.3 is 5.97 Å². The number of hydrogen-bond donors (Lipinski definition) is 3. The molecule has 0 fully saturated rings. The van der Waals surface area contributed by atoms with E-state index in [1.54, 1.807) is 37.3 Å². The van der Waals surface area contributed by atoms with Crippen molar-refractivity contribution in [1.29, 1.82) is 5.41 Å². The van der Waals surface area contributed by atoms with Gasteiger partial charge < -0.3 is 16.2 Å². The van der Waals surface area contributed by atoms with E-state index >= 15 is 0 Å². The van der Waals surface area contributed by atoms with Gasteiger partial charge in [0.25, 0.3) is 0 Å². The van der Waals surface area contributed by atoms with Crippen LogP contribution in [0.25, 0.3) is 0 Å². The standard InChI is InChI=1S/C15H18N2O4/c1-2-10(15(20)21)12(17)14(19)11(8-16)13(18)9-6-4-3-5-7-9/h3-7,10-11,17H,2,8,16H2,1H3,(H,20,21). The van der Waals surface area contributed by atoms with E-state index in [1.165, 1.54) is 0 Å². The van der Waals surface area contributed by atoms with Crippen LogP contribution in [0.15, 0.2) is 30.3 Å². The summed E-state index contributed by atoms with van der Waals surface area (Å²) in [5.74, 6) is -4.99. The van der Waals surface area contributed by atoms with Crippen LogP contribution in [0.2, 0.25) is 0 Å². The van der Waals surface area contributed by atoms with Crippen molar-refractivity contribution in [2.45, 2.75) is 13.3 Å². The lowest BCUT2D eigenvalue weighted by atomic mass is 9.86. The van der Waals surface area contributed by atoms with E-state index in [4.69, 9.17) is 16.2 Å². The summed E-state index contributed by atoms with van der Waals surface area (Å²) in [6.07, 6.45) is 0.108. The lowest BCUT2D eigenvalue weighted by Crippen LogP contribution is -2.40. The third kappa shape index (κ3) is 3.82. The van der Waals surface area contributed by atoms with Crippen LogP contribution in [0.1, 0.15) is 23.7 Å². The fourth-order valence-electron chi connectivity index (χ4n) is 2.00. The van der Waals surface area contributed by atoms with Crippen LogP contribution in [0, 0.1) is 17.2 Å². The number of carboxylic acids is 1. The Morgan fingerprint density at radius 2 is 1.76 bits per heavy atom. The van der Waals surface area contributed by atoms with Crippen LogP contribution < -0.4 is 5.73 Å². The molecule has 4 N–H and O–H groups in total. The van der Waals surface area contributed by atoms with Crippen molar-refractivity contribution in [2.24, 2.45) is 17.6 Å². The van der Waals surface area contributed by atoms with Crippen LogP contribution in [-0.4, -0.2) is 34.9 Å². The number of Topliss-reactive ketones (excluding diaryl/α,β-unsaturated/α-hetero) is 2. The Balaban J connectivity index is 2.99. The summed E-state index contributed by atoms with van der Waals surface area (Å²) in [6.45, 7) is 1.31. The van der Waals surface area contributed by atoms with Crippen LogP contribution in [0.3, 0.4) is 0 Å². The van der Waals surface area contributed by atoms with Crippen molar-refractivity contribution < 1.29 is 19.5 Å².